The Morgan fingerprint density at radius 1 is 1.26 bits per heavy atom. The quantitative estimate of drug-likeness (QED) is 0.861. The molecule has 2 aromatic rings. The maximum absolute atomic E-state index is 13.8. The molecule has 0 atom stereocenters. The Labute approximate surface area is 134 Å². The Morgan fingerprint density at radius 2 is 1.91 bits per heavy atom. The normalized spacial score (nSPS) is 11.3. The molecule has 0 spiro atoms. The summed E-state index contributed by atoms with van der Waals surface area (Å²) in [6.45, 7) is 4.87. The molecule has 1 heterocycles. The Hall–Kier alpha value is -2.35. The molecule has 0 bridgehead atoms. The molecule has 1 aromatic heterocycles. The van der Waals surface area contributed by atoms with E-state index >= 15 is 0 Å². The summed E-state index contributed by atoms with van der Waals surface area (Å²) in [7, 11) is 0. The first-order valence-electron chi connectivity index (χ1n) is 6.51. The first kappa shape index (κ1) is 17.0. The van der Waals surface area contributed by atoms with Gasteiger partial charge in [0.05, 0.1) is 0 Å². The van der Waals surface area contributed by atoms with Crippen molar-refractivity contribution in [1.29, 1.82) is 0 Å². The smallest absolute Gasteiger partial charge is 0.356 e. The van der Waals surface area contributed by atoms with Crippen LogP contribution in [-0.2, 0) is 4.74 Å². The number of aromatic nitrogens is 1. The molecule has 0 fully saturated rings. The molecule has 0 amide bonds. The Bertz CT molecular complexity index is 780. The van der Waals surface area contributed by atoms with Gasteiger partial charge in [0.15, 0.2) is 5.69 Å². The van der Waals surface area contributed by atoms with E-state index in [4.69, 9.17) is 9.84 Å². The second kappa shape index (κ2) is 6.04. The average Bonchev–Trinajstić information content (AvgIpc) is 2.85. The van der Waals surface area contributed by atoms with Gasteiger partial charge in [-0.3, -0.25) is 0 Å². The lowest BCUT2D eigenvalue weighted by Crippen LogP contribution is -2.24. The number of thiazole rings is 1. The summed E-state index contributed by atoms with van der Waals surface area (Å²) in [4.78, 5) is 26.8. The summed E-state index contributed by atoms with van der Waals surface area (Å²) in [6, 6.07) is 2.72. The zero-order valence-corrected chi connectivity index (χ0v) is 13.3. The summed E-state index contributed by atoms with van der Waals surface area (Å²) in [5.41, 5.74) is -1.60. The van der Waals surface area contributed by atoms with Crippen molar-refractivity contribution in [3.63, 3.8) is 0 Å². The minimum Gasteiger partial charge on any atom is -0.476 e. The molecular weight excluding hydrogens is 328 g/mol. The lowest BCUT2D eigenvalue weighted by molar-refractivity contribution is 0.00713. The van der Waals surface area contributed by atoms with Gasteiger partial charge in [-0.15, -0.1) is 11.3 Å². The van der Waals surface area contributed by atoms with Gasteiger partial charge >= 0.3 is 11.9 Å². The topological polar surface area (TPSA) is 76.5 Å². The number of benzene rings is 1. The molecule has 0 aliphatic rings. The fourth-order valence-electron chi connectivity index (χ4n) is 1.70. The van der Waals surface area contributed by atoms with Crippen molar-refractivity contribution in [3.05, 3.63) is 40.4 Å². The third kappa shape index (κ3) is 3.89. The molecule has 0 saturated carbocycles. The van der Waals surface area contributed by atoms with Gasteiger partial charge in [0, 0.05) is 5.56 Å². The second-order valence-corrected chi connectivity index (χ2v) is 6.63. The minimum absolute atomic E-state index is 0.111. The van der Waals surface area contributed by atoms with Crippen LogP contribution >= 0.6 is 11.3 Å². The summed E-state index contributed by atoms with van der Waals surface area (Å²) in [6.07, 6.45) is 0. The summed E-state index contributed by atoms with van der Waals surface area (Å²) < 4.78 is 32.2. The zero-order chi connectivity index (χ0) is 17.4. The van der Waals surface area contributed by atoms with E-state index in [-0.39, 0.29) is 15.4 Å². The third-order valence-corrected chi connectivity index (χ3v) is 3.64. The van der Waals surface area contributed by atoms with E-state index in [1.54, 1.807) is 20.8 Å². The molecule has 0 unspecified atom stereocenters. The van der Waals surface area contributed by atoms with Crippen molar-refractivity contribution in [1.82, 2.24) is 4.98 Å². The third-order valence-electron chi connectivity index (χ3n) is 2.57. The van der Waals surface area contributed by atoms with Crippen molar-refractivity contribution < 1.29 is 28.2 Å². The number of hydrogen-bond donors (Lipinski definition) is 1. The van der Waals surface area contributed by atoms with Crippen LogP contribution in [0.3, 0.4) is 0 Å². The van der Waals surface area contributed by atoms with Crippen molar-refractivity contribution in [2.45, 2.75) is 26.4 Å². The molecule has 122 valence electrons. The lowest BCUT2D eigenvalue weighted by atomic mass is 10.2. The molecule has 23 heavy (non-hydrogen) atoms. The Kier molecular flexibility index (Phi) is 4.46. The fraction of sp³-hybridized carbons (Fsp3) is 0.267. The molecule has 1 N–H and O–H groups in total. The number of aromatic carboxylic acids is 1. The van der Waals surface area contributed by atoms with Gasteiger partial charge in [0.2, 0.25) is 0 Å². The molecule has 0 aliphatic heterocycles. The highest BCUT2D eigenvalue weighted by Crippen LogP contribution is 2.31. The van der Waals surface area contributed by atoms with Crippen LogP contribution in [0, 0.1) is 11.6 Å². The summed E-state index contributed by atoms with van der Waals surface area (Å²) >= 11 is 0.639. The molecule has 5 nitrogen and oxygen atoms in total. The van der Waals surface area contributed by atoms with Gasteiger partial charge in [-0.25, -0.2) is 23.4 Å². The van der Waals surface area contributed by atoms with Crippen molar-refractivity contribution in [2.24, 2.45) is 0 Å². The largest absolute Gasteiger partial charge is 0.476 e. The second-order valence-electron chi connectivity index (χ2n) is 5.63. The first-order valence-corrected chi connectivity index (χ1v) is 7.33. The molecule has 0 saturated heterocycles. The fourth-order valence-corrected chi connectivity index (χ4v) is 2.66. The van der Waals surface area contributed by atoms with E-state index in [9.17, 15) is 18.4 Å². The molecule has 0 radical (unpaired) electrons. The maximum Gasteiger partial charge on any atom is 0.356 e. The molecule has 8 heteroatoms. The Balaban J connectivity index is 2.53. The molecule has 0 aliphatic carbocycles. The lowest BCUT2D eigenvalue weighted by Gasteiger charge is -2.18. The molecular formula is C15H13F2NO4S. The first-order chi connectivity index (χ1) is 10.6. The van der Waals surface area contributed by atoms with E-state index in [0.29, 0.717) is 11.3 Å². The van der Waals surface area contributed by atoms with Crippen molar-refractivity contribution in [2.75, 3.05) is 0 Å². The molecule has 1 aromatic carbocycles. The van der Waals surface area contributed by atoms with Gasteiger partial charge in [0.1, 0.15) is 27.1 Å². The van der Waals surface area contributed by atoms with Crippen LogP contribution in [0.1, 0.15) is 40.9 Å². The highest BCUT2D eigenvalue weighted by molar-refractivity contribution is 7.17. The van der Waals surface area contributed by atoms with Gasteiger partial charge in [-0.05, 0) is 39.0 Å². The zero-order valence-electron chi connectivity index (χ0n) is 12.5. The van der Waals surface area contributed by atoms with Crippen LogP contribution in [0.25, 0.3) is 10.6 Å². The predicted octanol–water partition coefficient (Wildman–Crippen LogP) is 3.74. The van der Waals surface area contributed by atoms with E-state index in [0.717, 1.165) is 18.2 Å². The summed E-state index contributed by atoms with van der Waals surface area (Å²) in [5.74, 6) is -3.80. The van der Waals surface area contributed by atoms with Crippen LogP contribution in [0.5, 0.6) is 0 Å². The monoisotopic (exact) mass is 341 g/mol. The number of rotatable bonds is 3. The van der Waals surface area contributed by atoms with Crippen LogP contribution < -0.4 is 0 Å². The van der Waals surface area contributed by atoms with E-state index in [1.165, 1.54) is 0 Å². The number of nitrogens with zero attached hydrogens (tertiary/aromatic N) is 1. The van der Waals surface area contributed by atoms with E-state index in [2.05, 4.69) is 4.98 Å². The minimum atomic E-state index is -1.45. The van der Waals surface area contributed by atoms with Crippen LogP contribution in [0.15, 0.2) is 18.2 Å². The summed E-state index contributed by atoms with van der Waals surface area (Å²) in [5, 5.41) is 9.05. The van der Waals surface area contributed by atoms with E-state index < -0.39 is 34.9 Å². The van der Waals surface area contributed by atoms with Gasteiger partial charge in [-0.2, -0.15) is 0 Å². The maximum atomic E-state index is 13.8. The number of halogens is 2. The van der Waals surface area contributed by atoms with Gasteiger partial charge in [-0.1, -0.05) is 0 Å². The number of carboxylic acid groups (broad SMARTS) is 1. The predicted molar refractivity (Wildman–Crippen MR) is 79.6 cm³/mol. The number of carbonyl (C=O) groups is 2. The van der Waals surface area contributed by atoms with Gasteiger partial charge < -0.3 is 9.84 Å². The molecule has 2 rings (SSSR count). The van der Waals surface area contributed by atoms with Crippen LogP contribution in [-0.4, -0.2) is 27.6 Å². The highest BCUT2D eigenvalue weighted by atomic mass is 32.1. The highest BCUT2D eigenvalue weighted by Gasteiger charge is 2.28. The van der Waals surface area contributed by atoms with Gasteiger partial charge in [0.25, 0.3) is 0 Å². The number of esters is 1. The standard InChI is InChI=1S/C15H13F2NO4S/c1-15(2,3)22-14(21)11-10(13(19)20)18-12(23-11)8-6-7(16)4-5-9(8)17/h4-6H,1-3H3,(H,19,20). The van der Waals surface area contributed by atoms with Crippen LogP contribution in [0.2, 0.25) is 0 Å². The van der Waals surface area contributed by atoms with Crippen molar-refractivity contribution in [3.8, 4) is 10.6 Å². The number of ether oxygens (including phenoxy) is 1. The SMILES string of the molecule is CC(C)(C)OC(=O)c1sc(-c2cc(F)ccc2F)nc1C(=O)O. The average molecular weight is 341 g/mol. The van der Waals surface area contributed by atoms with Crippen LogP contribution in [0.4, 0.5) is 8.78 Å². The Morgan fingerprint density at radius 3 is 2.48 bits per heavy atom. The number of carbonyl (C=O) groups excluding carboxylic acids is 1. The number of hydrogen-bond acceptors (Lipinski definition) is 5. The number of carboxylic acids is 1. The van der Waals surface area contributed by atoms with Crippen molar-refractivity contribution >= 4 is 23.3 Å². The van der Waals surface area contributed by atoms with E-state index in [1.807, 2.05) is 0 Å².